The Labute approximate surface area is 166 Å². The van der Waals surface area contributed by atoms with Gasteiger partial charge in [-0.05, 0) is 30.7 Å². The molecular formula is C21H34F3N2O2+. The highest BCUT2D eigenvalue weighted by Crippen LogP contribution is 2.20. The average Bonchev–Trinajstić information content (AvgIpc) is 2.60. The maximum atomic E-state index is 12.6. The first-order chi connectivity index (χ1) is 13.3. The molecule has 0 bridgehead atoms. The number of quaternary nitrogens is 1. The van der Waals surface area contributed by atoms with E-state index in [1.54, 1.807) is 0 Å². The zero-order valence-corrected chi connectivity index (χ0v) is 17.1. The Kier molecular flexibility index (Phi) is 8.89. The van der Waals surface area contributed by atoms with Crippen molar-refractivity contribution in [2.45, 2.75) is 38.8 Å². The summed E-state index contributed by atoms with van der Waals surface area (Å²) in [6.07, 6.45) is -0.407. The third-order valence-electron chi connectivity index (χ3n) is 5.24. The largest absolute Gasteiger partial charge is 0.494 e. The van der Waals surface area contributed by atoms with Crippen molar-refractivity contribution in [3.05, 3.63) is 24.3 Å². The molecule has 1 saturated heterocycles. The van der Waals surface area contributed by atoms with Crippen LogP contribution in [0.3, 0.4) is 0 Å². The minimum Gasteiger partial charge on any atom is -0.494 e. The van der Waals surface area contributed by atoms with Gasteiger partial charge in [0.05, 0.1) is 33.3 Å². The summed E-state index contributed by atoms with van der Waals surface area (Å²) in [5.74, 6) is 1.67. The van der Waals surface area contributed by atoms with Gasteiger partial charge in [-0.3, -0.25) is 4.90 Å². The van der Waals surface area contributed by atoms with E-state index in [1.165, 1.54) is 4.90 Å². The van der Waals surface area contributed by atoms with Gasteiger partial charge < -0.3 is 14.0 Å². The molecular weight excluding hydrogens is 369 g/mol. The number of likely N-dealkylation sites (N-methyl/N-ethyl adjacent to an activating group) is 1. The Balaban J connectivity index is 1.72. The number of halogens is 3. The van der Waals surface area contributed by atoms with Crippen molar-refractivity contribution in [1.82, 2.24) is 4.90 Å². The van der Waals surface area contributed by atoms with E-state index in [0.29, 0.717) is 19.7 Å². The van der Waals surface area contributed by atoms with E-state index in [-0.39, 0.29) is 0 Å². The molecule has 1 aliphatic heterocycles. The highest BCUT2D eigenvalue weighted by atomic mass is 19.4. The van der Waals surface area contributed by atoms with Gasteiger partial charge in [-0.15, -0.1) is 0 Å². The smallest absolute Gasteiger partial charge is 0.401 e. The number of hydrogen-bond acceptors (Lipinski definition) is 3. The van der Waals surface area contributed by atoms with Gasteiger partial charge in [-0.2, -0.15) is 13.2 Å². The van der Waals surface area contributed by atoms with Crippen LogP contribution in [-0.2, 0) is 0 Å². The summed E-state index contributed by atoms with van der Waals surface area (Å²) in [5, 5.41) is 0. The second-order valence-corrected chi connectivity index (χ2v) is 7.91. The molecule has 0 spiro atoms. The molecule has 0 amide bonds. The fourth-order valence-electron chi connectivity index (χ4n) is 3.56. The molecule has 7 heteroatoms. The van der Waals surface area contributed by atoms with E-state index >= 15 is 0 Å². The maximum absolute atomic E-state index is 12.6. The van der Waals surface area contributed by atoms with Crippen LogP contribution >= 0.6 is 0 Å². The predicted molar refractivity (Wildman–Crippen MR) is 105 cm³/mol. The zero-order valence-electron chi connectivity index (χ0n) is 17.1. The maximum Gasteiger partial charge on any atom is 0.401 e. The number of rotatable bonds is 9. The summed E-state index contributed by atoms with van der Waals surface area (Å²) in [7, 11) is 2.17. The topological polar surface area (TPSA) is 21.7 Å². The van der Waals surface area contributed by atoms with E-state index in [2.05, 4.69) is 14.0 Å². The summed E-state index contributed by atoms with van der Waals surface area (Å²) in [6, 6.07) is 7.69. The molecule has 2 rings (SSSR count). The summed E-state index contributed by atoms with van der Waals surface area (Å²) in [6.45, 7) is 6.29. The molecule has 0 unspecified atom stereocenters. The van der Waals surface area contributed by atoms with Crippen LogP contribution in [0.15, 0.2) is 24.3 Å². The lowest BCUT2D eigenvalue weighted by Crippen LogP contribution is -2.51. The van der Waals surface area contributed by atoms with Gasteiger partial charge in [-0.25, -0.2) is 0 Å². The van der Waals surface area contributed by atoms with E-state index < -0.39 is 12.7 Å². The number of alkyl halides is 3. The standard InChI is InChI=1S/C21H34F3N2O2/c1-3-4-16-27-19-7-9-20(10-8-19)28-17-15-26(2)13-5-11-25(12-6-14-26)18-21(22,23)24/h7-10H,3-6,11-18H2,1-2H3/q+1. The summed E-state index contributed by atoms with van der Waals surface area (Å²) >= 11 is 0. The van der Waals surface area contributed by atoms with Crippen molar-refractivity contribution in [3.63, 3.8) is 0 Å². The Morgan fingerprint density at radius 2 is 1.50 bits per heavy atom. The molecule has 28 heavy (non-hydrogen) atoms. The first kappa shape index (κ1) is 22.8. The minimum absolute atomic E-state index is 0.508. The van der Waals surface area contributed by atoms with Crippen LogP contribution in [0, 0.1) is 0 Å². The van der Waals surface area contributed by atoms with Crippen molar-refractivity contribution in [1.29, 1.82) is 0 Å². The predicted octanol–water partition coefficient (Wildman–Crippen LogP) is 4.35. The van der Waals surface area contributed by atoms with Gasteiger partial charge >= 0.3 is 6.18 Å². The molecule has 1 aromatic carbocycles. The van der Waals surface area contributed by atoms with Gasteiger partial charge in [0.1, 0.15) is 24.7 Å². The number of unbranched alkanes of at least 4 members (excludes halogenated alkanes) is 1. The lowest BCUT2D eigenvalue weighted by atomic mass is 10.2. The second-order valence-electron chi connectivity index (χ2n) is 7.91. The number of hydrogen-bond donors (Lipinski definition) is 0. The Hall–Kier alpha value is -1.47. The third kappa shape index (κ3) is 8.69. The van der Waals surface area contributed by atoms with Gasteiger partial charge in [0, 0.05) is 25.9 Å². The molecule has 0 N–H and O–H groups in total. The molecule has 0 atom stereocenters. The Bertz CT molecular complexity index is 554. The molecule has 0 saturated carbocycles. The van der Waals surface area contributed by atoms with Gasteiger partial charge in [-0.1, -0.05) is 13.3 Å². The first-order valence-corrected chi connectivity index (χ1v) is 10.3. The number of nitrogens with zero attached hydrogens (tertiary/aromatic N) is 2. The molecule has 0 radical (unpaired) electrons. The van der Waals surface area contributed by atoms with Crippen molar-refractivity contribution >= 4 is 0 Å². The zero-order chi connectivity index (χ0) is 20.5. The third-order valence-corrected chi connectivity index (χ3v) is 5.24. The molecule has 0 aromatic heterocycles. The van der Waals surface area contributed by atoms with Crippen LogP contribution in [0.25, 0.3) is 0 Å². The van der Waals surface area contributed by atoms with Crippen molar-refractivity contribution in [2.75, 3.05) is 59.5 Å². The van der Waals surface area contributed by atoms with E-state index in [9.17, 15) is 13.2 Å². The first-order valence-electron chi connectivity index (χ1n) is 10.3. The fourth-order valence-corrected chi connectivity index (χ4v) is 3.56. The quantitative estimate of drug-likeness (QED) is 0.452. The van der Waals surface area contributed by atoms with E-state index in [1.807, 2.05) is 24.3 Å². The molecule has 160 valence electrons. The van der Waals surface area contributed by atoms with Gasteiger partial charge in [0.15, 0.2) is 0 Å². The van der Waals surface area contributed by atoms with Crippen LogP contribution in [0.1, 0.15) is 32.6 Å². The highest BCUT2D eigenvalue weighted by molar-refractivity contribution is 5.31. The highest BCUT2D eigenvalue weighted by Gasteiger charge is 2.32. The van der Waals surface area contributed by atoms with Crippen LogP contribution in [-0.4, -0.2) is 75.1 Å². The molecule has 4 nitrogen and oxygen atoms in total. The molecule has 1 aliphatic rings. The van der Waals surface area contributed by atoms with Crippen LogP contribution < -0.4 is 9.47 Å². The van der Waals surface area contributed by atoms with Crippen molar-refractivity contribution < 1.29 is 27.1 Å². The monoisotopic (exact) mass is 403 g/mol. The van der Waals surface area contributed by atoms with Crippen LogP contribution in [0.2, 0.25) is 0 Å². The average molecular weight is 404 g/mol. The second kappa shape index (κ2) is 10.9. The van der Waals surface area contributed by atoms with E-state index in [4.69, 9.17) is 9.47 Å². The fraction of sp³-hybridized carbons (Fsp3) is 0.714. The lowest BCUT2D eigenvalue weighted by Gasteiger charge is -2.38. The van der Waals surface area contributed by atoms with Gasteiger partial charge in [0.25, 0.3) is 0 Å². The summed E-state index contributed by atoms with van der Waals surface area (Å²) in [4.78, 5) is 1.53. The number of benzene rings is 1. The molecule has 0 aliphatic carbocycles. The van der Waals surface area contributed by atoms with Gasteiger partial charge in [0.2, 0.25) is 0 Å². The minimum atomic E-state index is -4.11. The van der Waals surface area contributed by atoms with Crippen molar-refractivity contribution in [2.24, 2.45) is 0 Å². The molecule has 1 fully saturated rings. The molecule has 1 heterocycles. The van der Waals surface area contributed by atoms with Crippen molar-refractivity contribution in [3.8, 4) is 11.5 Å². The van der Waals surface area contributed by atoms with Crippen LogP contribution in [0.5, 0.6) is 11.5 Å². The summed E-state index contributed by atoms with van der Waals surface area (Å²) in [5.41, 5.74) is 0. The number of ether oxygens (including phenoxy) is 2. The Morgan fingerprint density at radius 1 is 0.964 bits per heavy atom. The lowest BCUT2D eigenvalue weighted by molar-refractivity contribution is -0.910. The van der Waals surface area contributed by atoms with E-state index in [0.717, 1.165) is 67.9 Å². The SMILES string of the molecule is CCCCOc1ccc(OCC[N+]2(C)CCCN(CC(F)(F)F)CCC2)cc1. The van der Waals surface area contributed by atoms with Crippen LogP contribution in [0.4, 0.5) is 13.2 Å². The summed E-state index contributed by atoms with van der Waals surface area (Å²) < 4.78 is 50.1. The molecule has 1 aromatic rings. The normalized spacial score (nSPS) is 18.3. The Morgan fingerprint density at radius 3 is 2.00 bits per heavy atom.